The van der Waals surface area contributed by atoms with E-state index in [2.05, 4.69) is 4.90 Å². The number of amides is 1. The topological polar surface area (TPSA) is 32.8 Å². The van der Waals surface area contributed by atoms with Crippen LogP contribution in [0.1, 0.15) is 17.5 Å². The summed E-state index contributed by atoms with van der Waals surface area (Å²) in [6.07, 6.45) is -1.98. The van der Waals surface area contributed by atoms with E-state index in [1.807, 2.05) is 0 Å². The fourth-order valence-corrected chi connectivity index (χ4v) is 4.20. The minimum atomic E-state index is -4.37. The number of hydrogen-bond donors (Lipinski definition) is 0. The molecule has 0 spiro atoms. The van der Waals surface area contributed by atoms with Gasteiger partial charge in [0.2, 0.25) is 0 Å². The molecular weight excluding hydrogens is 397 g/mol. The third-order valence-corrected chi connectivity index (χ3v) is 5.75. The first kappa shape index (κ1) is 20.3. The Balaban J connectivity index is 1.58. The number of nitrogens with zero attached hydrogens (tertiary/aromatic N) is 2. The molecule has 4 nitrogen and oxygen atoms in total. The predicted octanol–water partition coefficient (Wildman–Crippen LogP) is 3.63. The Bertz CT molecular complexity index is 729. The van der Waals surface area contributed by atoms with Gasteiger partial charge in [-0.3, -0.25) is 14.6 Å². The van der Waals surface area contributed by atoms with Crippen LogP contribution in [0.25, 0.3) is 6.08 Å². The van der Waals surface area contributed by atoms with E-state index in [1.165, 1.54) is 23.9 Å². The monoisotopic (exact) mass is 416 g/mol. The lowest BCUT2D eigenvalue weighted by Crippen LogP contribution is -2.38. The number of ether oxygens (including phenoxy) is 1. The predicted molar refractivity (Wildman–Crippen MR) is 103 cm³/mol. The van der Waals surface area contributed by atoms with Gasteiger partial charge in [-0.15, -0.1) is 0 Å². The number of carbonyl (C=O) groups is 1. The van der Waals surface area contributed by atoms with E-state index in [0.717, 1.165) is 51.4 Å². The second-order valence-electron chi connectivity index (χ2n) is 6.26. The van der Waals surface area contributed by atoms with Crippen molar-refractivity contribution in [2.45, 2.75) is 12.6 Å². The quantitative estimate of drug-likeness (QED) is 0.541. The number of halogens is 3. The normalized spacial score (nSPS) is 20.7. The number of rotatable bonds is 5. The molecule has 2 saturated heterocycles. The maximum atomic E-state index is 12.6. The Kier molecular flexibility index (Phi) is 6.56. The van der Waals surface area contributed by atoms with Gasteiger partial charge in [0, 0.05) is 26.2 Å². The van der Waals surface area contributed by atoms with Crippen LogP contribution in [0.15, 0.2) is 29.2 Å². The lowest BCUT2D eigenvalue weighted by atomic mass is 10.1. The second-order valence-corrected chi connectivity index (χ2v) is 7.94. The fourth-order valence-electron chi connectivity index (χ4n) is 2.89. The van der Waals surface area contributed by atoms with Gasteiger partial charge >= 0.3 is 6.18 Å². The van der Waals surface area contributed by atoms with Crippen molar-refractivity contribution in [1.29, 1.82) is 0 Å². The van der Waals surface area contributed by atoms with Crippen LogP contribution < -0.4 is 0 Å². The van der Waals surface area contributed by atoms with Crippen molar-refractivity contribution in [3.8, 4) is 0 Å². The molecule has 2 fully saturated rings. The van der Waals surface area contributed by atoms with Crippen LogP contribution in [-0.2, 0) is 15.7 Å². The Morgan fingerprint density at radius 2 is 1.81 bits per heavy atom. The standard InChI is InChI=1S/C18H19F3N2O2S2/c19-18(20,21)14-4-2-13(3-5-14)12-15-16(24)23(17(26)27-15)7-1-6-22-8-10-25-11-9-22/h2-5,12H,1,6-11H2/b15-12-. The highest BCUT2D eigenvalue weighted by molar-refractivity contribution is 8.26. The summed E-state index contributed by atoms with van der Waals surface area (Å²) in [4.78, 5) is 16.9. The molecule has 2 heterocycles. The highest BCUT2D eigenvalue weighted by Crippen LogP contribution is 2.33. The molecule has 3 rings (SSSR count). The van der Waals surface area contributed by atoms with Crippen molar-refractivity contribution >= 4 is 40.3 Å². The molecule has 0 aliphatic carbocycles. The van der Waals surface area contributed by atoms with E-state index in [-0.39, 0.29) is 5.91 Å². The zero-order valence-corrected chi connectivity index (χ0v) is 16.1. The molecule has 0 saturated carbocycles. The molecule has 0 aromatic heterocycles. The van der Waals surface area contributed by atoms with Gasteiger partial charge in [0.05, 0.1) is 23.7 Å². The van der Waals surface area contributed by atoms with Gasteiger partial charge in [-0.25, -0.2) is 0 Å². The Hall–Kier alpha value is -1.42. The molecule has 2 aliphatic heterocycles. The zero-order valence-electron chi connectivity index (χ0n) is 14.5. The van der Waals surface area contributed by atoms with Gasteiger partial charge in [-0.05, 0) is 30.2 Å². The summed E-state index contributed by atoms with van der Waals surface area (Å²) in [5.41, 5.74) is -0.174. The summed E-state index contributed by atoms with van der Waals surface area (Å²) in [7, 11) is 0. The number of thiocarbonyl (C=S) groups is 1. The molecule has 0 atom stereocenters. The van der Waals surface area contributed by atoms with E-state index >= 15 is 0 Å². The minimum absolute atomic E-state index is 0.188. The van der Waals surface area contributed by atoms with Crippen molar-refractivity contribution in [3.63, 3.8) is 0 Å². The first-order chi connectivity index (χ1) is 12.8. The molecular formula is C18H19F3N2O2S2. The third kappa shape index (κ3) is 5.31. The van der Waals surface area contributed by atoms with Gasteiger partial charge in [0.25, 0.3) is 5.91 Å². The molecule has 9 heteroatoms. The first-order valence-corrected chi connectivity index (χ1v) is 9.80. The summed E-state index contributed by atoms with van der Waals surface area (Å²) < 4.78 is 43.7. The van der Waals surface area contributed by atoms with Gasteiger partial charge < -0.3 is 4.74 Å². The lowest BCUT2D eigenvalue weighted by molar-refractivity contribution is -0.137. The second kappa shape index (κ2) is 8.72. The average Bonchev–Trinajstić information content (AvgIpc) is 2.90. The summed E-state index contributed by atoms with van der Waals surface area (Å²) in [6.45, 7) is 4.66. The fraction of sp³-hybridized carbons (Fsp3) is 0.444. The summed E-state index contributed by atoms with van der Waals surface area (Å²) in [6, 6.07) is 4.73. The van der Waals surface area contributed by atoms with Crippen LogP contribution in [0, 0.1) is 0 Å². The molecule has 0 radical (unpaired) electrons. The minimum Gasteiger partial charge on any atom is -0.379 e. The van der Waals surface area contributed by atoms with Gasteiger partial charge in [-0.2, -0.15) is 13.2 Å². The number of thioether (sulfide) groups is 1. The van der Waals surface area contributed by atoms with E-state index in [4.69, 9.17) is 17.0 Å². The van der Waals surface area contributed by atoms with Crippen LogP contribution in [0.2, 0.25) is 0 Å². The molecule has 1 aromatic rings. The van der Waals surface area contributed by atoms with Crippen molar-refractivity contribution in [1.82, 2.24) is 9.80 Å². The number of morpholine rings is 1. The zero-order chi connectivity index (χ0) is 19.4. The Labute approximate surface area is 165 Å². The highest BCUT2D eigenvalue weighted by atomic mass is 32.2. The molecule has 1 amide bonds. The van der Waals surface area contributed by atoms with Crippen LogP contribution in [0.3, 0.4) is 0 Å². The van der Waals surface area contributed by atoms with Crippen molar-refractivity contribution in [2.24, 2.45) is 0 Å². The van der Waals surface area contributed by atoms with Crippen molar-refractivity contribution in [3.05, 3.63) is 40.3 Å². The molecule has 146 valence electrons. The smallest absolute Gasteiger partial charge is 0.379 e. The van der Waals surface area contributed by atoms with E-state index < -0.39 is 11.7 Å². The molecule has 2 aliphatic rings. The molecule has 0 N–H and O–H groups in total. The van der Waals surface area contributed by atoms with Gasteiger partial charge in [0.1, 0.15) is 4.32 Å². The Morgan fingerprint density at radius 3 is 2.44 bits per heavy atom. The molecule has 27 heavy (non-hydrogen) atoms. The Morgan fingerprint density at radius 1 is 1.15 bits per heavy atom. The SMILES string of the molecule is O=C1/C(=C/c2ccc(C(F)(F)F)cc2)SC(=S)N1CCCN1CCOCC1. The number of benzene rings is 1. The third-order valence-electron chi connectivity index (χ3n) is 4.37. The maximum Gasteiger partial charge on any atom is 0.416 e. The first-order valence-electron chi connectivity index (χ1n) is 8.57. The van der Waals surface area contributed by atoms with Crippen LogP contribution in [0.4, 0.5) is 13.2 Å². The van der Waals surface area contributed by atoms with E-state index in [9.17, 15) is 18.0 Å². The van der Waals surface area contributed by atoms with Crippen LogP contribution >= 0.6 is 24.0 Å². The van der Waals surface area contributed by atoms with Crippen LogP contribution in [0.5, 0.6) is 0 Å². The summed E-state index contributed by atoms with van der Waals surface area (Å²) in [5.74, 6) is -0.188. The lowest BCUT2D eigenvalue weighted by Gasteiger charge is -2.27. The van der Waals surface area contributed by atoms with Crippen LogP contribution in [-0.4, -0.2) is 59.4 Å². The molecule has 0 bridgehead atoms. The van der Waals surface area contributed by atoms with Gasteiger partial charge in [0.15, 0.2) is 0 Å². The van der Waals surface area contributed by atoms with E-state index in [1.54, 1.807) is 11.0 Å². The van der Waals surface area contributed by atoms with E-state index in [0.29, 0.717) is 21.3 Å². The average molecular weight is 416 g/mol. The largest absolute Gasteiger partial charge is 0.416 e. The highest BCUT2D eigenvalue weighted by Gasteiger charge is 2.32. The van der Waals surface area contributed by atoms with Gasteiger partial charge in [-0.1, -0.05) is 36.1 Å². The molecule has 1 aromatic carbocycles. The van der Waals surface area contributed by atoms with Crippen molar-refractivity contribution in [2.75, 3.05) is 39.4 Å². The number of alkyl halides is 3. The summed E-state index contributed by atoms with van der Waals surface area (Å²) in [5, 5.41) is 0. The number of hydrogen-bond acceptors (Lipinski definition) is 5. The maximum absolute atomic E-state index is 12.6. The molecule has 0 unspecified atom stereocenters. The van der Waals surface area contributed by atoms with Crippen molar-refractivity contribution < 1.29 is 22.7 Å². The number of carbonyl (C=O) groups excluding carboxylic acids is 1. The summed E-state index contributed by atoms with van der Waals surface area (Å²) >= 11 is 6.48.